The lowest BCUT2D eigenvalue weighted by Crippen LogP contribution is -2.19. The van der Waals surface area contributed by atoms with Crippen LogP contribution in [0, 0.1) is 5.92 Å². The van der Waals surface area contributed by atoms with E-state index in [1.807, 2.05) is 0 Å². The summed E-state index contributed by atoms with van der Waals surface area (Å²) in [7, 11) is 0. The average molecular weight is 243 g/mol. The summed E-state index contributed by atoms with van der Waals surface area (Å²) in [6.07, 6.45) is 8.12. The summed E-state index contributed by atoms with van der Waals surface area (Å²) in [5.41, 5.74) is 0. The molecule has 1 fully saturated rings. The Labute approximate surface area is 111 Å². The van der Waals surface area contributed by atoms with E-state index in [1.165, 1.54) is 58.2 Å². The van der Waals surface area contributed by atoms with Gasteiger partial charge < -0.3 is 4.90 Å². The van der Waals surface area contributed by atoms with Gasteiger partial charge >= 0.3 is 0 Å². The van der Waals surface area contributed by atoms with E-state index in [2.05, 4.69) is 46.4 Å². The van der Waals surface area contributed by atoms with Crippen LogP contribution in [0.1, 0.15) is 80.1 Å². The van der Waals surface area contributed by atoms with Crippen LogP contribution < -0.4 is 0 Å². The van der Waals surface area contributed by atoms with E-state index in [0.29, 0.717) is 0 Å². The van der Waals surface area contributed by atoms with Crippen molar-refractivity contribution in [2.75, 3.05) is 19.6 Å². The van der Waals surface area contributed by atoms with Gasteiger partial charge in [-0.25, -0.2) is 0 Å². The smallest absolute Gasteiger partial charge is 0.00183 e. The van der Waals surface area contributed by atoms with Crippen molar-refractivity contribution in [3.8, 4) is 0 Å². The van der Waals surface area contributed by atoms with Crippen LogP contribution in [0.15, 0.2) is 0 Å². The van der Waals surface area contributed by atoms with Crippen LogP contribution >= 0.6 is 0 Å². The summed E-state index contributed by atoms with van der Waals surface area (Å²) in [6.45, 7) is 17.3. The molecule has 0 spiro atoms. The van der Waals surface area contributed by atoms with Crippen LogP contribution in [-0.4, -0.2) is 24.5 Å². The summed E-state index contributed by atoms with van der Waals surface area (Å²) in [5.74, 6) is 0.884. The van der Waals surface area contributed by atoms with Gasteiger partial charge in [0.2, 0.25) is 0 Å². The minimum atomic E-state index is 0.884. The largest absolute Gasteiger partial charge is 0.303 e. The zero-order valence-electron chi connectivity index (χ0n) is 13.4. The third-order valence-electron chi connectivity index (χ3n) is 3.06. The van der Waals surface area contributed by atoms with E-state index >= 15 is 0 Å². The molecule has 0 atom stereocenters. The lowest BCUT2D eigenvalue weighted by molar-refractivity contribution is 0.339. The monoisotopic (exact) mass is 243 g/mol. The van der Waals surface area contributed by atoms with Gasteiger partial charge in [-0.15, -0.1) is 0 Å². The lowest BCUT2D eigenvalue weighted by atomic mass is 10.2. The van der Waals surface area contributed by atoms with Crippen molar-refractivity contribution < 1.29 is 0 Å². The molecule has 0 N–H and O–H groups in total. The Balaban J connectivity index is 0. The highest BCUT2D eigenvalue weighted by Gasteiger charge is 2.08. The first-order valence-electron chi connectivity index (χ1n) is 7.84. The van der Waals surface area contributed by atoms with Crippen LogP contribution in [0.5, 0.6) is 0 Å². The van der Waals surface area contributed by atoms with Crippen molar-refractivity contribution in [3.63, 3.8) is 0 Å². The third kappa shape index (κ3) is 18.5. The van der Waals surface area contributed by atoms with Crippen molar-refractivity contribution in [3.05, 3.63) is 0 Å². The van der Waals surface area contributed by atoms with Crippen molar-refractivity contribution in [2.24, 2.45) is 5.92 Å². The van der Waals surface area contributed by atoms with Crippen LogP contribution in [0.2, 0.25) is 0 Å². The van der Waals surface area contributed by atoms with Crippen LogP contribution in [0.25, 0.3) is 0 Å². The van der Waals surface area contributed by atoms with Crippen molar-refractivity contribution in [1.82, 2.24) is 4.90 Å². The second kappa shape index (κ2) is 16.0. The molecule has 0 aromatic heterocycles. The minimum Gasteiger partial charge on any atom is -0.303 e. The minimum absolute atomic E-state index is 0.884. The molecule has 0 amide bonds. The Hall–Kier alpha value is -0.0400. The normalized spacial score (nSPS) is 15.0. The fourth-order valence-electron chi connectivity index (χ4n) is 1.32. The highest BCUT2D eigenvalue weighted by Crippen LogP contribution is 2.06. The molecule has 106 valence electrons. The zero-order chi connectivity index (χ0) is 13.5. The van der Waals surface area contributed by atoms with Crippen molar-refractivity contribution in [2.45, 2.75) is 80.1 Å². The summed E-state index contributed by atoms with van der Waals surface area (Å²) < 4.78 is 0. The first kappa shape index (κ1) is 19.3. The van der Waals surface area contributed by atoms with Gasteiger partial charge in [0.25, 0.3) is 0 Å². The maximum absolute atomic E-state index is 2.54. The molecule has 1 heterocycles. The Kier molecular flexibility index (Phi) is 18.1. The SMILES string of the molecule is CCC(C)C.CCCC.CCCN1CCCC1. The number of rotatable bonds is 4. The fourth-order valence-corrected chi connectivity index (χ4v) is 1.32. The maximum atomic E-state index is 2.54. The first-order valence-corrected chi connectivity index (χ1v) is 7.84. The third-order valence-corrected chi connectivity index (χ3v) is 3.06. The standard InChI is InChI=1S/C7H15N.C5H12.C4H10/c1-2-5-8-6-3-4-7-8;1-4-5(2)3;1-3-4-2/h2-7H2,1H3;5H,4H2,1-3H3;3-4H2,1-2H3. The lowest BCUT2D eigenvalue weighted by Gasteiger charge is -2.11. The average Bonchev–Trinajstić information content (AvgIpc) is 2.83. The molecule has 1 aliphatic heterocycles. The van der Waals surface area contributed by atoms with Gasteiger partial charge in [-0.1, -0.05) is 60.8 Å². The van der Waals surface area contributed by atoms with Gasteiger partial charge in [-0.3, -0.25) is 0 Å². The number of unbranched alkanes of at least 4 members (excludes halogenated alkanes) is 1. The molecule has 1 heteroatoms. The van der Waals surface area contributed by atoms with Crippen LogP contribution in [0.4, 0.5) is 0 Å². The molecule has 1 aliphatic rings. The van der Waals surface area contributed by atoms with Crippen LogP contribution in [-0.2, 0) is 0 Å². The van der Waals surface area contributed by atoms with Gasteiger partial charge in [0, 0.05) is 0 Å². The molecule has 0 aliphatic carbocycles. The van der Waals surface area contributed by atoms with E-state index < -0.39 is 0 Å². The Morgan fingerprint density at radius 1 is 0.824 bits per heavy atom. The zero-order valence-corrected chi connectivity index (χ0v) is 13.4. The van der Waals surface area contributed by atoms with Crippen molar-refractivity contribution in [1.29, 1.82) is 0 Å². The molecule has 17 heavy (non-hydrogen) atoms. The number of nitrogens with zero attached hydrogens (tertiary/aromatic N) is 1. The van der Waals surface area contributed by atoms with E-state index in [4.69, 9.17) is 0 Å². The molecular formula is C16H37N. The molecule has 0 aromatic carbocycles. The predicted molar refractivity (Wildman–Crippen MR) is 81.7 cm³/mol. The molecule has 0 radical (unpaired) electrons. The summed E-state index contributed by atoms with van der Waals surface area (Å²) in [6, 6.07) is 0. The van der Waals surface area contributed by atoms with E-state index in [1.54, 1.807) is 0 Å². The molecule has 1 saturated heterocycles. The van der Waals surface area contributed by atoms with Gasteiger partial charge in [0.15, 0.2) is 0 Å². The summed E-state index contributed by atoms with van der Waals surface area (Å²) in [4.78, 5) is 2.54. The quantitative estimate of drug-likeness (QED) is 0.643. The van der Waals surface area contributed by atoms with Gasteiger partial charge in [0.1, 0.15) is 0 Å². The molecule has 1 nitrogen and oxygen atoms in total. The first-order chi connectivity index (χ1) is 8.12. The maximum Gasteiger partial charge on any atom is -0.00183 e. The Bertz CT molecular complexity index is 113. The topological polar surface area (TPSA) is 3.24 Å². The van der Waals surface area contributed by atoms with Gasteiger partial charge in [-0.05, 0) is 44.8 Å². The molecule has 0 unspecified atom stereocenters. The van der Waals surface area contributed by atoms with Crippen LogP contribution in [0.3, 0.4) is 0 Å². The second-order valence-corrected chi connectivity index (χ2v) is 5.35. The molecular weight excluding hydrogens is 206 g/mol. The Morgan fingerprint density at radius 2 is 1.24 bits per heavy atom. The fraction of sp³-hybridized carbons (Fsp3) is 1.00. The predicted octanol–water partition coefficient (Wildman–Crippen LogP) is 5.35. The Morgan fingerprint density at radius 3 is 1.47 bits per heavy atom. The highest BCUT2D eigenvalue weighted by atomic mass is 15.1. The number of hydrogen-bond acceptors (Lipinski definition) is 1. The van der Waals surface area contributed by atoms with E-state index in [9.17, 15) is 0 Å². The number of likely N-dealkylation sites (tertiary alicyclic amines) is 1. The van der Waals surface area contributed by atoms with Gasteiger partial charge in [0.05, 0.1) is 0 Å². The summed E-state index contributed by atoms with van der Waals surface area (Å²) in [5, 5.41) is 0. The molecule has 0 saturated carbocycles. The molecule has 0 aromatic rings. The number of hydrogen-bond donors (Lipinski definition) is 0. The van der Waals surface area contributed by atoms with Crippen molar-refractivity contribution >= 4 is 0 Å². The van der Waals surface area contributed by atoms with E-state index in [-0.39, 0.29) is 0 Å². The second-order valence-electron chi connectivity index (χ2n) is 5.35. The molecule has 1 rings (SSSR count). The molecule has 0 bridgehead atoms. The highest BCUT2D eigenvalue weighted by molar-refractivity contribution is 4.64. The summed E-state index contributed by atoms with van der Waals surface area (Å²) >= 11 is 0. The van der Waals surface area contributed by atoms with Gasteiger partial charge in [-0.2, -0.15) is 0 Å². The van der Waals surface area contributed by atoms with E-state index in [0.717, 1.165) is 5.92 Å².